The Balaban J connectivity index is 2.82. The summed E-state index contributed by atoms with van der Waals surface area (Å²) in [4.78, 5) is 13.4. The number of methoxy groups -OCH3 is 1. The summed E-state index contributed by atoms with van der Waals surface area (Å²) < 4.78 is 83.2. The highest BCUT2D eigenvalue weighted by Gasteiger charge is 2.46. The lowest BCUT2D eigenvalue weighted by Crippen LogP contribution is -2.21. The predicted octanol–water partition coefficient (Wildman–Crippen LogP) is 4.76. The van der Waals surface area contributed by atoms with Crippen LogP contribution in [0.3, 0.4) is 0 Å². The number of pyridine rings is 1. The lowest BCUT2D eigenvalue weighted by atomic mass is 10.1. The number of nitrogens with zero attached hydrogens (tertiary/aromatic N) is 1. The maximum absolute atomic E-state index is 13.2. The van der Waals surface area contributed by atoms with Gasteiger partial charge in [0.15, 0.2) is 11.4 Å². The Hall–Kier alpha value is -2.43. The molecule has 2 rings (SSSR count). The van der Waals surface area contributed by atoms with E-state index in [0.717, 1.165) is 7.11 Å². The average molecular weight is 397 g/mol. The first-order chi connectivity index (χ1) is 12.0. The Kier molecular flexibility index (Phi) is 5.40. The predicted molar refractivity (Wildman–Crippen MR) is 77.8 cm³/mol. The van der Waals surface area contributed by atoms with Gasteiger partial charge in [0.25, 0.3) is 0 Å². The Bertz CT molecular complexity index is 821. The number of hydrogen-bond acceptors (Lipinski definition) is 5. The van der Waals surface area contributed by atoms with Crippen LogP contribution in [0, 0.1) is 0 Å². The standard InChI is InChI=1S/C15H9F6NO3S/c1-25-13(24)8-9(23)10(26-7-5-3-2-4-6-7)12(15(19,20)21)22-11(8)14(16,17)18/h2-6H,1H3,(H,22,23). The van der Waals surface area contributed by atoms with Crippen LogP contribution in [0.15, 0.2) is 40.1 Å². The van der Waals surface area contributed by atoms with Gasteiger partial charge in [0.2, 0.25) is 0 Å². The van der Waals surface area contributed by atoms with E-state index < -0.39 is 45.9 Å². The second-order valence-electron chi connectivity index (χ2n) is 4.76. The number of carbonyl (C=O) groups is 1. The number of benzene rings is 1. The SMILES string of the molecule is COC(=O)c1c(C(F)(F)F)nc(C(F)(F)F)c(Sc2ccccc2)c1O. The number of alkyl halides is 6. The third-order valence-corrected chi connectivity index (χ3v) is 4.12. The molecule has 2 aromatic rings. The van der Waals surface area contributed by atoms with Gasteiger partial charge in [0.05, 0.1) is 12.0 Å². The molecule has 0 fully saturated rings. The van der Waals surface area contributed by atoms with Gasteiger partial charge in [-0.1, -0.05) is 30.0 Å². The summed E-state index contributed by atoms with van der Waals surface area (Å²) in [6, 6.07) is 7.27. The van der Waals surface area contributed by atoms with Crippen molar-refractivity contribution >= 4 is 17.7 Å². The van der Waals surface area contributed by atoms with Crippen LogP contribution in [0.25, 0.3) is 0 Å². The molecule has 0 amide bonds. The first-order valence-corrected chi connectivity index (χ1v) is 7.51. The number of hydrogen-bond donors (Lipinski definition) is 1. The summed E-state index contributed by atoms with van der Waals surface area (Å²) in [5.74, 6) is -3.16. The lowest BCUT2D eigenvalue weighted by molar-refractivity contribution is -0.152. The number of carbonyl (C=O) groups excluding carboxylic acids is 1. The average Bonchev–Trinajstić information content (AvgIpc) is 2.54. The molecule has 1 N–H and O–H groups in total. The Morgan fingerprint density at radius 1 is 1.04 bits per heavy atom. The summed E-state index contributed by atoms with van der Waals surface area (Å²) >= 11 is 0.321. The van der Waals surface area contributed by atoms with Gasteiger partial charge >= 0.3 is 18.3 Å². The van der Waals surface area contributed by atoms with Crippen molar-refractivity contribution in [3.63, 3.8) is 0 Å². The summed E-state index contributed by atoms with van der Waals surface area (Å²) in [6.07, 6.45) is -10.7. The van der Waals surface area contributed by atoms with Crippen molar-refractivity contribution in [3.8, 4) is 5.75 Å². The quantitative estimate of drug-likeness (QED) is 0.598. The molecule has 0 aliphatic rings. The molecule has 1 aromatic heterocycles. The third kappa shape index (κ3) is 4.03. The fourth-order valence-electron chi connectivity index (χ4n) is 1.95. The number of esters is 1. The van der Waals surface area contributed by atoms with Crippen LogP contribution in [0.2, 0.25) is 0 Å². The third-order valence-electron chi connectivity index (χ3n) is 3.02. The minimum absolute atomic E-state index is 0.186. The summed E-state index contributed by atoms with van der Waals surface area (Å²) in [7, 11) is 0.726. The molecule has 0 aliphatic carbocycles. The van der Waals surface area contributed by atoms with E-state index in [1.165, 1.54) is 24.3 Å². The van der Waals surface area contributed by atoms with Crippen LogP contribution in [-0.2, 0) is 17.1 Å². The van der Waals surface area contributed by atoms with Gasteiger partial charge < -0.3 is 9.84 Å². The zero-order valence-corrected chi connectivity index (χ0v) is 13.6. The fourth-order valence-corrected chi connectivity index (χ4v) is 2.94. The van der Waals surface area contributed by atoms with E-state index >= 15 is 0 Å². The van der Waals surface area contributed by atoms with Crippen molar-refractivity contribution in [2.24, 2.45) is 0 Å². The molecule has 0 saturated heterocycles. The molecule has 0 aliphatic heterocycles. The zero-order valence-electron chi connectivity index (χ0n) is 12.8. The van der Waals surface area contributed by atoms with E-state index in [1.54, 1.807) is 6.07 Å². The minimum atomic E-state index is -5.42. The van der Waals surface area contributed by atoms with Crippen molar-refractivity contribution < 1.29 is 41.0 Å². The van der Waals surface area contributed by atoms with Crippen molar-refractivity contribution in [1.29, 1.82) is 0 Å². The fraction of sp³-hybridized carbons (Fsp3) is 0.200. The Morgan fingerprint density at radius 3 is 2.04 bits per heavy atom. The molecule has 11 heteroatoms. The van der Waals surface area contributed by atoms with Crippen LogP contribution < -0.4 is 0 Å². The van der Waals surface area contributed by atoms with Gasteiger partial charge in [0.1, 0.15) is 11.3 Å². The van der Waals surface area contributed by atoms with E-state index in [0.29, 0.717) is 11.8 Å². The summed E-state index contributed by atoms with van der Waals surface area (Å²) in [6.45, 7) is 0. The number of aromatic nitrogens is 1. The lowest BCUT2D eigenvalue weighted by Gasteiger charge is -2.19. The molecule has 0 unspecified atom stereocenters. The number of rotatable bonds is 3. The maximum atomic E-state index is 13.2. The van der Waals surface area contributed by atoms with Gasteiger partial charge in [-0.05, 0) is 12.1 Å². The number of halogens is 6. The normalized spacial score (nSPS) is 12.1. The summed E-state index contributed by atoms with van der Waals surface area (Å²) in [5, 5.41) is 10.1. The van der Waals surface area contributed by atoms with Gasteiger partial charge in [0, 0.05) is 4.90 Å². The zero-order chi connectivity index (χ0) is 19.7. The monoisotopic (exact) mass is 397 g/mol. The van der Waals surface area contributed by atoms with Crippen LogP contribution in [-0.4, -0.2) is 23.2 Å². The molecule has 0 radical (unpaired) electrons. The second-order valence-corrected chi connectivity index (χ2v) is 5.85. The molecule has 0 spiro atoms. The van der Waals surface area contributed by atoms with Gasteiger partial charge in [-0.2, -0.15) is 26.3 Å². The summed E-state index contributed by atoms with van der Waals surface area (Å²) in [5.41, 5.74) is -5.61. The van der Waals surface area contributed by atoms with E-state index in [-0.39, 0.29) is 4.90 Å². The van der Waals surface area contributed by atoms with E-state index in [1.807, 2.05) is 0 Å². The largest absolute Gasteiger partial charge is 0.506 e. The smallest absolute Gasteiger partial charge is 0.434 e. The number of ether oxygens (including phenoxy) is 1. The van der Waals surface area contributed by atoms with Crippen molar-refractivity contribution in [2.45, 2.75) is 22.1 Å². The highest BCUT2D eigenvalue weighted by molar-refractivity contribution is 7.99. The second kappa shape index (κ2) is 7.06. The van der Waals surface area contributed by atoms with Crippen molar-refractivity contribution in [2.75, 3.05) is 7.11 Å². The topological polar surface area (TPSA) is 59.4 Å². The molecule has 1 heterocycles. The van der Waals surface area contributed by atoms with Crippen LogP contribution >= 0.6 is 11.8 Å². The molecular weight excluding hydrogens is 388 g/mol. The highest BCUT2D eigenvalue weighted by atomic mass is 32.2. The molecule has 4 nitrogen and oxygen atoms in total. The van der Waals surface area contributed by atoms with Gasteiger partial charge in [-0.25, -0.2) is 9.78 Å². The van der Waals surface area contributed by atoms with Crippen molar-refractivity contribution in [1.82, 2.24) is 4.98 Å². The Labute approximate surface area is 146 Å². The van der Waals surface area contributed by atoms with Crippen molar-refractivity contribution in [3.05, 3.63) is 47.3 Å². The molecule has 140 valence electrons. The van der Waals surface area contributed by atoms with Gasteiger partial charge in [-0.3, -0.25) is 0 Å². The molecule has 0 saturated carbocycles. The molecule has 26 heavy (non-hydrogen) atoms. The molecule has 0 bridgehead atoms. The first kappa shape index (κ1) is 19.9. The maximum Gasteiger partial charge on any atom is 0.434 e. The number of aromatic hydroxyl groups is 1. The molecular formula is C15H9F6NO3S. The van der Waals surface area contributed by atoms with Crippen LogP contribution in [0.1, 0.15) is 21.7 Å². The first-order valence-electron chi connectivity index (χ1n) is 6.69. The Morgan fingerprint density at radius 2 is 1.58 bits per heavy atom. The minimum Gasteiger partial charge on any atom is -0.506 e. The van der Waals surface area contributed by atoms with Crippen LogP contribution in [0.5, 0.6) is 5.75 Å². The van der Waals surface area contributed by atoms with Gasteiger partial charge in [-0.15, -0.1) is 0 Å². The van der Waals surface area contributed by atoms with E-state index in [2.05, 4.69) is 9.72 Å². The van der Waals surface area contributed by atoms with E-state index in [9.17, 15) is 36.2 Å². The van der Waals surface area contributed by atoms with Crippen LogP contribution in [0.4, 0.5) is 26.3 Å². The highest BCUT2D eigenvalue weighted by Crippen LogP contribution is 2.47. The molecule has 1 aromatic carbocycles. The van der Waals surface area contributed by atoms with E-state index in [4.69, 9.17) is 0 Å². The molecule has 0 atom stereocenters.